The molecule has 0 radical (unpaired) electrons. The Morgan fingerprint density at radius 3 is 2.93 bits per heavy atom. The summed E-state index contributed by atoms with van der Waals surface area (Å²) in [5, 5.41) is 8.38. The maximum atomic E-state index is 5.81. The monoisotopic (exact) mass is 206 g/mol. The van der Waals surface area contributed by atoms with E-state index in [1.54, 1.807) is 0 Å². The van der Waals surface area contributed by atoms with Crippen LogP contribution in [-0.4, -0.2) is 21.3 Å². The van der Waals surface area contributed by atoms with Gasteiger partial charge in [0.15, 0.2) is 0 Å². The molecule has 0 spiro atoms. The average Bonchev–Trinajstić information content (AvgIpc) is 2.83. The maximum absolute atomic E-state index is 5.81. The quantitative estimate of drug-likeness (QED) is 0.814. The van der Waals surface area contributed by atoms with Gasteiger partial charge in [-0.25, -0.2) is 0 Å². The number of aromatic nitrogens is 3. The average molecular weight is 206 g/mol. The Morgan fingerprint density at radius 1 is 1.33 bits per heavy atom. The predicted molar refractivity (Wildman–Crippen MR) is 57.4 cm³/mol. The van der Waals surface area contributed by atoms with Crippen LogP contribution < -0.4 is 5.73 Å². The van der Waals surface area contributed by atoms with Gasteiger partial charge >= 0.3 is 0 Å². The molecule has 2 atom stereocenters. The summed E-state index contributed by atoms with van der Waals surface area (Å²) in [6.07, 6.45) is 8.30. The van der Waals surface area contributed by atoms with Crippen LogP contribution in [0, 0.1) is 5.92 Å². The van der Waals surface area contributed by atoms with Gasteiger partial charge in [-0.2, -0.15) is 0 Å². The number of nitrogens with two attached hydrogens (primary N) is 1. The summed E-state index contributed by atoms with van der Waals surface area (Å²) < 4.78 is 2.29. The fraction of sp³-hybridized carbons (Fsp3) is 0.818. The molecule has 2 unspecified atom stereocenters. The van der Waals surface area contributed by atoms with Crippen LogP contribution in [0.25, 0.3) is 0 Å². The van der Waals surface area contributed by atoms with Gasteiger partial charge in [-0.3, -0.25) is 0 Å². The van der Waals surface area contributed by atoms with Gasteiger partial charge in [-0.05, 0) is 38.1 Å². The highest BCUT2D eigenvalue weighted by molar-refractivity contribution is 5.06. The molecule has 15 heavy (non-hydrogen) atoms. The van der Waals surface area contributed by atoms with Crippen LogP contribution in [-0.2, 0) is 0 Å². The lowest BCUT2D eigenvalue weighted by Crippen LogP contribution is -2.20. The number of hydrogen-bond donors (Lipinski definition) is 1. The Labute approximate surface area is 89.9 Å². The van der Waals surface area contributed by atoms with Crippen molar-refractivity contribution in [3.05, 3.63) is 12.2 Å². The molecule has 1 heterocycles. The van der Waals surface area contributed by atoms with Crippen LogP contribution in [0.5, 0.6) is 0 Å². The third-order valence-corrected chi connectivity index (χ3v) is 3.83. The maximum Gasteiger partial charge on any atom is 0.136 e. The highest BCUT2D eigenvalue weighted by Crippen LogP contribution is 2.42. The Bertz CT molecular complexity index is 342. The van der Waals surface area contributed by atoms with Crippen molar-refractivity contribution >= 4 is 0 Å². The Kier molecular flexibility index (Phi) is 2.24. The van der Waals surface area contributed by atoms with Gasteiger partial charge in [-0.1, -0.05) is 6.42 Å². The Hall–Kier alpha value is -0.900. The fourth-order valence-corrected chi connectivity index (χ4v) is 2.81. The minimum absolute atomic E-state index is 0.568. The minimum atomic E-state index is 0.568. The molecule has 2 saturated carbocycles. The van der Waals surface area contributed by atoms with Crippen LogP contribution >= 0.6 is 0 Å². The molecule has 4 heteroatoms. The highest BCUT2D eigenvalue weighted by atomic mass is 15.3. The molecule has 2 aliphatic rings. The Balaban J connectivity index is 1.87. The van der Waals surface area contributed by atoms with Crippen molar-refractivity contribution in [2.45, 2.75) is 44.1 Å². The first kappa shape index (κ1) is 9.33. The molecule has 2 N–H and O–H groups in total. The smallest absolute Gasteiger partial charge is 0.136 e. The topological polar surface area (TPSA) is 56.7 Å². The van der Waals surface area contributed by atoms with Crippen molar-refractivity contribution in [3.8, 4) is 0 Å². The molecule has 4 nitrogen and oxygen atoms in total. The fourth-order valence-electron chi connectivity index (χ4n) is 2.81. The van der Waals surface area contributed by atoms with Crippen LogP contribution in [0.1, 0.15) is 49.9 Å². The first-order valence-electron chi connectivity index (χ1n) is 5.99. The zero-order chi connectivity index (χ0) is 10.3. The third-order valence-electron chi connectivity index (χ3n) is 3.83. The predicted octanol–water partition coefficient (Wildman–Crippen LogP) is 1.46. The lowest BCUT2D eigenvalue weighted by Gasteiger charge is -2.17. The first-order chi connectivity index (χ1) is 7.40. The van der Waals surface area contributed by atoms with E-state index in [2.05, 4.69) is 14.8 Å². The van der Waals surface area contributed by atoms with Crippen LogP contribution in [0.4, 0.5) is 0 Å². The second-order valence-corrected chi connectivity index (χ2v) is 4.86. The number of rotatable bonds is 3. The summed E-state index contributed by atoms with van der Waals surface area (Å²) in [5.41, 5.74) is 5.81. The lowest BCUT2D eigenvalue weighted by molar-refractivity contribution is 0.457. The van der Waals surface area contributed by atoms with Crippen LogP contribution in [0.2, 0.25) is 0 Å². The standard InChI is InChI=1S/C11H18N4/c12-6-8-2-1-3-10(8)11-14-13-7-15(11)9-4-5-9/h7-10H,1-6,12H2. The van der Waals surface area contributed by atoms with Crippen LogP contribution in [0.15, 0.2) is 6.33 Å². The molecule has 82 valence electrons. The number of hydrogen-bond acceptors (Lipinski definition) is 3. The molecular weight excluding hydrogens is 188 g/mol. The molecule has 1 aromatic rings. The lowest BCUT2D eigenvalue weighted by atomic mass is 9.95. The van der Waals surface area contributed by atoms with Crippen molar-refractivity contribution in [1.29, 1.82) is 0 Å². The van der Waals surface area contributed by atoms with Gasteiger partial charge in [0.1, 0.15) is 12.2 Å². The molecule has 0 bridgehead atoms. The van der Waals surface area contributed by atoms with E-state index in [9.17, 15) is 0 Å². The van der Waals surface area contributed by atoms with Gasteiger partial charge in [0, 0.05) is 12.0 Å². The minimum Gasteiger partial charge on any atom is -0.330 e. The van der Waals surface area contributed by atoms with Crippen molar-refractivity contribution < 1.29 is 0 Å². The second-order valence-electron chi connectivity index (χ2n) is 4.86. The van der Waals surface area contributed by atoms with E-state index >= 15 is 0 Å². The molecular formula is C11H18N4. The van der Waals surface area contributed by atoms with Crippen molar-refractivity contribution in [2.24, 2.45) is 11.7 Å². The zero-order valence-electron chi connectivity index (χ0n) is 8.97. The van der Waals surface area contributed by atoms with Gasteiger partial charge in [0.2, 0.25) is 0 Å². The van der Waals surface area contributed by atoms with E-state index in [-0.39, 0.29) is 0 Å². The summed E-state index contributed by atoms with van der Waals surface area (Å²) in [5.74, 6) is 2.40. The molecule has 2 aliphatic carbocycles. The summed E-state index contributed by atoms with van der Waals surface area (Å²) in [7, 11) is 0. The molecule has 0 aromatic carbocycles. The Morgan fingerprint density at radius 2 is 2.20 bits per heavy atom. The van der Waals surface area contributed by atoms with Crippen molar-refractivity contribution in [1.82, 2.24) is 14.8 Å². The molecule has 0 amide bonds. The highest BCUT2D eigenvalue weighted by Gasteiger charge is 2.34. The molecule has 2 fully saturated rings. The second kappa shape index (κ2) is 3.59. The van der Waals surface area contributed by atoms with Crippen LogP contribution in [0.3, 0.4) is 0 Å². The van der Waals surface area contributed by atoms with E-state index < -0.39 is 0 Å². The molecule has 1 aromatic heterocycles. The third kappa shape index (κ3) is 1.57. The molecule has 0 saturated heterocycles. The zero-order valence-corrected chi connectivity index (χ0v) is 8.97. The van der Waals surface area contributed by atoms with E-state index in [0.717, 1.165) is 6.54 Å². The van der Waals surface area contributed by atoms with Gasteiger partial charge in [-0.15, -0.1) is 10.2 Å². The van der Waals surface area contributed by atoms with E-state index in [4.69, 9.17) is 5.73 Å². The summed E-state index contributed by atoms with van der Waals surface area (Å²) >= 11 is 0. The molecule has 0 aliphatic heterocycles. The summed E-state index contributed by atoms with van der Waals surface area (Å²) in [4.78, 5) is 0. The van der Waals surface area contributed by atoms with Crippen molar-refractivity contribution in [2.75, 3.05) is 6.54 Å². The van der Waals surface area contributed by atoms with E-state index in [1.165, 1.54) is 37.9 Å². The largest absolute Gasteiger partial charge is 0.330 e. The first-order valence-corrected chi connectivity index (χ1v) is 5.99. The molecule has 3 rings (SSSR count). The normalized spacial score (nSPS) is 31.0. The van der Waals surface area contributed by atoms with Gasteiger partial charge in [0.25, 0.3) is 0 Å². The summed E-state index contributed by atoms with van der Waals surface area (Å²) in [6, 6.07) is 0.689. The van der Waals surface area contributed by atoms with E-state index in [0.29, 0.717) is 17.9 Å². The number of nitrogens with zero attached hydrogens (tertiary/aromatic N) is 3. The summed E-state index contributed by atoms with van der Waals surface area (Å²) in [6.45, 7) is 0.794. The SMILES string of the molecule is NCC1CCCC1c1nncn1C1CC1. The van der Waals surface area contributed by atoms with Gasteiger partial charge in [0.05, 0.1) is 0 Å². The van der Waals surface area contributed by atoms with Gasteiger partial charge < -0.3 is 10.3 Å². The van der Waals surface area contributed by atoms with Crippen molar-refractivity contribution in [3.63, 3.8) is 0 Å². The van der Waals surface area contributed by atoms with E-state index in [1.807, 2.05) is 6.33 Å².